The van der Waals surface area contributed by atoms with E-state index in [4.69, 9.17) is 18.9 Å². The van der Waals surface area contributed by atoms with Gasteiger partial charge in [-0.1, -0.05) is 43.3 Å². The Labute approximate surface area is 278 Å². The molecule has 0 heterocycles. The van der Waals surface area contributed by atoms with Crippen LogP contribution in [-0.4, -0.2) is 51.4 Å². The number of rotatable bonds is 14. The third-order valence-corrected chi connectivity index (χ3v) is 8.32. The quantitative estimate of drug-likeness (QED) is 0.102. The molecule has 0 fully saturated rings. The number of thioether (sulfide) groups is 1. The van der Waals surface area contributed by atoms with Crippen molar-refractivity contribution >= 4 is 46.9 Å². The monoisotopic (exact) mass is 655 g/mol. The van der Waals surface area contributed by atoms with Gasteiger partial charge in [-0.05, 0) is 61.0 Å². The van der Waals surface area contributed by atoms with Gasteiger partial charge in [-0.3, -0.25) is 14.4 Å². The summed E-state index contributed by atoms with van der Waals surface area (Å²) in [6.45, 7) is 1.92. The molecule has 0 spiro atoms. The maximum absolute atomic E-state index is 13.7. The second-order valence-electron chi connectivity index (χ2n) is 10.0. The fourth-order valence-corrected chi connectivity index (χ4v) is 5.58. The van der Waals surface area contributed by atoms with Gasteiger partial charge in [0.05, 0.1) is 39.4 Å². The van der Waals surface area contributed by atoms with Crippen LogP contribution in [0.5, 0.6) is 23.0 Å². The van der Waals surface area contributed by atoms with Gasteiger partial charge < -0.3 is 34.9 Å². The molecule has 0 saturated carbocycles. The zero-order valence-electron chi connectivity index (χ0n) is 26.8. The first kappa shape index (κ1) is 34.5. The summed E-state index contributed by atoms with van der Waals surface area (Å²) in [6, 6.07) is 26.2. The lowest BCUT2D eigenvalue weighted by atomic mass is 10.1. The van der Waals surface area contributed by atoms with Crippen LogP contribution in [0.25, 0.3) is 6.08 Å². The lowest BCUT2D eigenvalue weighted by Gasteiger charge is -2.17. The largest absolute Gasteiger partial charge is 0.497 e. The Balaban J connectivity index is 1.55. The predicted molar refractivity (Wildman–Crippen MR) is 185 cm³/mol. The number of anilines is 2. The summed E-state index contributed by atoms with van der Waals surface area (Å²) in [5.74, 6) is 0.763. The van der Waals surface area contributed by atoms with Crippen molar-refractivity contribution in [2.75, 3.05) is 39.1 Å². The molecule has 3 amide bonds. The Morgan fingerprint density at radius 1 is 0.766 bits per heavy atom. The Bertz CT molecular complexity index is 1740. The van der Waals surface area contributed by atoms with Crippen molar-refractivity contribution in [2.24, 2.45) is 0 Å². The molecule has 0 radical (unpaired) electrons. The molecule has 0 bridgehead atoms. The highest BCUT2D eigenvalue weighted by molar-refractivity contribution is 8.00. The topological polar surface area (TPSA) is 124 Å². The van der Waals surface area contributed by atoms with E-state index in [1.165, 1.54) is 39.2 Å². The summed E-state index contributed by atoms with van der Waals surface area (Å²) in [5.41, 5.74) is 1.91. The van der Waals surface area contributed by atoms with Crippen LogP contribution in [0.1, 0.15) is 29.3 Å². The summed E-state index contributed by atoms with van der Waals surface area (Å²) in [4.78, 5) is 40.8. The van der Waals surface area contributed by atoms with Crippen LogP contribution in [0.4, 0.5) is 11.4 Å². The van der Waals surface area contributed by atoms with Crippen LogP contribution in [-0.2, 0) is 9.59 Å². The minimum Gasteiger partial charge on any atom is -0.497 e. The summed E-state index contributed by atoms with van der Waals surface area (Å²) in [5, 5.41) is 8.12. The van der Waals surface area contributed by atoms with Crippen LogP contribution in [0.3, 0.4) is 0 Å². The van der Waals surface area contributed by atoms with E-state index in [1.807, 2.05) is 13.0 Å². The van der Waals surface area contributed by atoms with Crippen molar-refractivity contribution in [1.82, 2.24) is 5.32 Å². The second kappa shape index (κ2) is 16.8. The van der Waals surface area contributed by atoms with Crippen LogP contribution in [0.15, 0.2) is 102 Å². The number of amides is 3. The average molecular weight is 656 g/mol. The van der Waals surface area contributed by atoms with Crippen molar-refractivity contribution in [3.05, 3.63) is 108 Å². The summed E-state index contributed by atoms with van der Waals surface area (Å²) in [7, 11) is 6.10. The molecule has 0 aliphatic heterocycles. The molecule has 1 unspecified atom stereocenters. The van der Waals surface area contributed by atoms with Crippen molar-refractivity contribution in [3.63, 3.8) is 0 Å². The third-order valence-electron chi connectivity index (χ3n) is 6.96. The molecule has 10 nitrogen and oxygen atoms in total. The summed E-state index contributed by atoms with van der Waals surface area (Å²) < 4.78 is 21.6. The van der Waals surface area contributed by atoms with E-state index < -0.39 is 17.1 Å². The number of carbonyl (C=O) groups excluding carboxylic acids is 3. The Morgan fingerprint density at radius 3 is 2.19 bits per heavy atom. The van der Waals surface area contributed by atoms with Gasteiger partial charge in [-0.25, -0.2) is 0 Å². The number of hydrogen-bond acceptors (Lipinski definition) is 8. The molecule has 244 valence electrons. The highest BCUT2D eigenvalue weighted by Crippen LogP contribution is 2.34. The van der Waals surface area contributed by atoms with Crippen molar-refractivity contribution in [1.29, 1.82) is 0 Å². The van der Waals surface area contributed by atoms with E-state index in [0.29, 0.717) is 51.9 Å². The van der Waals surface area contributed by atoms with E-state index in [-0.39, 0.29) is 11.6 Å². The van der Waals surface area contributed by atoms with Gasteiger partial charge in [0, 0.05) is 27.8 Å². The first-order chi connectivity index (χ1) is 22.8. The van der Waals surface area contributed by atoms with Gasteiger partial charge in [0.25, 0.3) is 11.8 Å². The molecular formula is C36H37N3O7S. The van der Waals surface area contributed by atoms with E-state index in [2.05, 4.69) is 16.0 Å². The third kappa shape index (κ3) is 9.08. The fourth-order valence-electron chi connectivity index (χ4n) is 4.57. The molecule has 0 aromatic heterocycles. The maximum atomic E-state index is 13.7. The maximum Gasteiger partial charge on any atom is 0.272 e. The van der Waals surface area contributed by atoms with Gasteiger partial charge in [0.15, 0.2) is 11.5 Å². The van der Waals surface area contributed by atoms with Gasteiger partial charge in [-0.2, -0.15) is 0 Å². The van der Waals surface area contributed by atoms with Gasteiger partial charge >= 0.3 is 0 Å². The minimum absolute atomic E-state index is 0.0114. The van der Waals surface area contributed by atoms with Crippen LogP contribution in [0.2, 0.25) is 0 Å². The molecule has 0 saturated heterocycles. The van der Waals surface area contributed by atoms with E-state index in [0.717, 1.165) is 4.90 Å². The number of hydrogen-bond donors (Lipinski definition) is 3. The lowest BCUT2D eigenvalue weighted by molar-refractivity contribution is -0.116. The predicted octanol–water partition coefficient (Wildman–Crippen LogP) is 6.64. The molecular weight excluding hydrogens is 618 g/mol. The van der Waals surface area contributed by atoms with E-state index in [9.17, 15) is 14.4 Å². The number of ether oxygens (including phenoxy) is 4. The molecule has 11 heteroatoms. The van der Waals surface area contributed by atoms with Gasteiger partial charge in [0.1, 0.15) is 17.2 Å². The number of nitrogens with one attached hydrogen (secondary N) is 3. The summed E-state index contributed by atoms with van der Waals surface area (Å²) in [6.07, 6.45) is 2.08. The van der Waals surface area contributed by atoms with Crippen molar-refractivity contribution in [2.45, 2.75) is 23.5 Å². The highest BCUT2D eigenvalue weighted by atomic mass is 32.2. The zero-order chi connectivity index (χ0) is 33.8. The standard InChI is InChI=1S/C36H37N3O7S/c1-6-32(36(42)38-28-19-18-26(43-2)22-31(28)45-4)47-27-16-11-15-25(21-27)37-35(41)29(39-34(40)23-12-8-7-9-13-23)20-24-14-10-17-30(44-3)33(24)46-5/h7-22,32H,6H2,1-5H3,(H,37,41)(H,38,42)(H,39,40)/b29-20+. The highest BCUT2D eigenvalue weighted by Gasteiger charge is 2.21. The van der Waals surface area contributed by atoms with E-state index >= 15 is 0 Å². The number of benzene rings is 4. The SMILES string of the molecule is CCC(Sc1cccc(NC(=O)/C(=C\c2cccc(OC)c2OC)NC(=O)c2ccccc2)c1)C(=O)Nc1ccc(OC)cc1OC. The van der Waals surface area contributed by atoms with Crippen LogP contribution in [0, 0.1) is 0 Å². The molecule has 0 aliphatic rings. The smallest absolute Gasteiger partial charge is 0.272 e. The first-order valence-corrected chi connectivity index (χ1v) is 15.6. The van der Waals surface area contributed by atoms with Crippen LogP contribution < -0.4 is 34.9 Å². The Kier molecular flexibility index (Phi) is 12.3. The fraction of sp³-hybridized carbons (Fsp3) is 0.194. The molecule has 4 aromatic carbocycles. The molecule has 1 atom stereocenters. The number of carbonyl (C=O) groups is 3. The van der Waals surface area contributed by atoms with Crippen molar-refractivity contribution in [3.8, 4) is 23.0 Å². The Hall–Kier alpha value is -5.42. The second-order valence-corrected chi connectivity index (χ2v) is 11.3. The Morgan fingerprint density at radius 2 is 1.51 bits per heavy atom. The molecule has 4 rings (SSSR count). The lowest BCUT2D eigenvalue weighted by Crippen LogP contribution is -2.30. The molecule has 4 aromatic rings. The summed E-state index contributed by atoms with van der Waals surface area (Å²) >= 11 is 1.36. The van der Waals surface area contributed by atoms with Gasteiger partial charge in [0.2, 0.25) is 5.91 Å². The van der Waals surface area contributed by atoms with E-state index in [1.54, 1.807) is 92.0 Å². The minimum atomic E-state index is -0.558. The molecule has 47 heavy (non-hydrogen) atoms. The normalized spacial score (nSPS) is 11.6. The average Bonchev–Trinajstić information content (AvgIpc) is 3.10. The first-order valence-electron chi connectivity index (χ1n) is 14.7. The molecule has 3 N–H and O–H groups in total. The number of para-hydroxylation sites is 1. The van der Waals surface area contributed by atoms with Gasteiger partial charge in [-0.15, -0.1) is 11.8 Å². The van der Waals surface area contributed by atoms with Crippen LogP contribution >= 0.6 is 11.8 Å². The number of methoxy groups -OCH3 is 4. The molecule has 0 aliphatic carbocycles. The van der Waals surface area contributed by atoms with Crippen molar-refractivity contribution < 1.29 is 33.3 Å². The zero-order valence-corrected chi connectivity index (χ0v) is 27.6.